The number of aliphatic hydroxyl groups is 1. The lowest BCUT2D eigenvalue weighted by molar-refractivity contribution is -0.141. The van der Waals surface area contributed by atoms with Gasteiger partial charge in [0.15, 0.2) is 0 Å². The van der Waals surface area contributed by atoms with Crippen LogP contribution in [0.15, 0.2) is 95.2 Å². The van der Waals surface area contributed by atoms with E-state index in [1.54, 1.807) is 12.1 Å². The maximum absolute atomic E-state index is 12.7. The van der Waals surface area contributed by atoms with E-state index in [2.05, 4.69) is 65.0 Å². The van der Waals surface area contributed by atoms with Crippen molar-refractivity contribution in [2.24, 2.45) is 0 Å². The Kier molecular flexibility index (Phi) is 11.0. The number of pyridine rings is 1. The van der Waals surface area contributed by atoms with Crippen LogP contribution in [-0.4, -0.2) is 72.7 Å². The highest BCUT2D eigenvalue weighted by Crippen LogP contribution is 2.43. The van der Waals surface area contributed by atoms with E-state index >= 15 is 0 Å². The van der Waals surface area contributed by atoms with Gasteiger partial charge in [0, 0.05) is 46.4 Å². The Labute approximate surface area is 325 Å². The molecule has 1 fully saturated rings. The molecule has 1 unspecified atom stereocenters. The minimum Gasteiger partial charge on any atom is -0.506 e. The zero-order chi connectivity index (χ0) is 38.9. The van der Waals surface area contributed by atoms with Crippen molar-refractivity contribution >= 4 is 39.1 Å². The third-order valence-electron chi connectivity index (χ3n) is 11.8. The van der Waals surface area contributed by atoms with Crippen LogP contribution in [-0.2, 0) is 23.2 Å². The number of nitrogens with zero attached hydrogens (tertiary/aromatic N) is 3. The zero-order valence-electron chi connectivity index (χ0n) is 32.0. The van der Waals surface area contributed by atoms with Gasteiger partial charge in [-0.05, 0) is 124 Å². The SMILES string of the molecule is CN(CCn1ncc2cc(CC(C)(C)NC[C@H](O)c3ccc(O)c4[nH]c(=O)ccc34)ccc21)C1CCC(c2ccccc2C(C)(C(=O)O)c2cccs2)CC1. The van der Waals surface area contributed by atoms with Crippen molar-refractivity contribution in [3.05, 3.63) is 128 Å². The van der Waals surface area contributed by atoms with Crippen LogP contribution < -0.4 is 10.9 Å². The summed E-state index contributed by atoms with van der Waals surface area (Å²) >= 11 is 1.51. The molecule has 0 bridgehead atoms. The summed E-state index contributed by atoms with van der Waals surface area (Å²) in [6, 6.07) is 25.2. The number of carboxylic acids is 1. The van der Waals surface area contributed by atoms with Crippen molar-refractivity contribution in [1.82, 2.24) is 25.0 Å². The van der Waals surface area contributed by atoms with Crippen molar-refractivity contribution < 1.29 is 20.1 Å². The van der Waals surface area contributed by atoms with Gasteiger partial charge >= 0.3 is 5.97 Å². The molecule has 10 nitrogen and oxygen atoms in total. The number of carbonyl (C=O) groups is 1. The number of aliphatic hydroxyl groups excluding tert-OH is 1. The van der Waals surface area contributed by atoms with E-state index < -0.39 is 17.5 Å². The lowest BCUT2D eigenvalue weighted by atomic mass is 9.72. The van der Waals surface area contributed by atoms with Crippen LogP contribution in [0.2, 0.25) is 0 Å². The topological polar surface area (TPSA) is 144 Å². The molecule has 1 aliphatic rings. The van der Waals surface area contributed by atoms with E-state index in [4.69, 9.17) is 5.10 Å². The lowest BCUT2D eigenvalue weighted by Crippen LogP contribution is -2.43. The largest absolute Gasteiger partial charge is 0.506 e. The van der Waals surface area contributed by atoms with Crippen LogP contribution in [0.4, 0.5) is 0 Å². The summed E-state index contributed by atoms with van der Waals surface area (Å²) in [5, 5.41) is 43.7. The van der Waals surface area contributed by atoms with E-state index in [0.717, 1.165) is 66.5 Å². The van der Waals surface area contributed by atoms with E-state index in [1.807, 2.05) is 48.8 Å². The summed E-state index contributed by atoms with van der Waals surface area (Å²) in [4.78, 5) is 30.5. The number of aromatic nitrogens is 3. The highest BCUT2D eigenvalue weighted by Gasteiger charge is 2.41. The molecule has 2 atom stereocenters. The van der Waals surface area contributed by atoms with Crippen molar-refractivity contribution in [2.75, 3.05) is 20.1 Å². The molecule has 7 rings (SSSR count). The first-order valence-electron chi connectivity index (χ1n) is 19.1. The Hall–Kier alpha value is -4.81. The van der Waals surface area contributed by atoms with Gasteiger partial charge < -0.3 is 30.5 Å². The predicted octanol–water partition coefficient (Wildman–Crippen LogP) is 7.34. The van der Waals surface area contributed by atoms with Gasteiger partial charge in [-0.15, -0.1) is 11.3 Å². The van der Waals surface area contributed by atoms with Crippen LogP contribution in [0, 0.1) is 0 Å². The molecule has 11 heteroatoms. The van der Waals surface area contributed by atoms with Crippen molar-refractivity contribution in [3.8, 4) is 5.75 Å². The quantitative estimate of drug-likeness (QED) is 0.0777. The number of thiophene rings is 1. The van der Waals surface area contributed by atoms with E-state index in [9.17, 15) is 24.9 Å². The maximum Gasteiger partial charge on any atom is 0.319 e. The normalized spacial score (nSPS) is 18.1. The fourth-order valence-electron chi connectivity index (χ4n) is 8.52. The van der Waals surface area contributed by atoms with E-state index in [-0.39, 0.29) is 16.8 Å². The first-order chi connectivity index (χ1) is 26.3. The molecular weight excluding hydrogens is 711 g/mol. The molecule has 0 amide bonds. The van der Waals surface area contributed by atoms with Crippen LogP contribution in [0.5, 0.6) is 5.75 Å². The van der Waals surface area contributed by atoms with Crippen LogP contribution in [0.1, 0.15) is 85.6 Å². The first-order valence-corrected chi connectivity index (χ1v) is 20.0. The van der Waals surface area contributed by atoms with Crippen LogP contribution >= 0.6 is 11.3 Å². The van der Waals surface area contributed by atoms with Gasteiger partial charge in [0.25, 0.3) is 0 Å². The summed E-state index contributed by atoms with van der Waals surface area (Å²) in [5.74, 6) is -0.506. The van der Waals surface area contributed by atoms with Gasteiger partial charge in [-0.25, -0.2) is 0 Å². The Morgan fingerprint density at radius 2 is 1.82 bits per heavy atom. The van der Waals surface area contributed by atoms with E-state index in [0.29, 0.717) is 35.0 Å². The molecular formula is C44H51N5O5S. The molecule has 0 aliphatic heterocycles. The number of phenols is 1. The maximum atomic E-state index is 12.7. The predicted molar refractivity (Wildman–Crippen MR) is 219 cm³/mol. The third kappa shape index (κ3) is 7.98. The van der Waals surface area contributed by atoms with Crippen molar-refractivity contribution in [1.29, 1.82) is 0 Å². The first kappa shape index (κ1) is 38.5. The van der Waals surface area contributed by atoms with Gasteiger partial charge in [-0.3, -0.25) is 14.3 Å². The van der Waals surface area contributed by atoms with Gasteiger partial charge in [0.05, 0.1) is 29.9 Å². The molecule has 0 spiro atoms. The molecule has 5 N–H and O–H groups in total. The van der Waals surface area contributed by atoms with Gasteiger partial charge in [0.1, 0.15) is 11.2 Å². The highest BCUT2D eigenvalue weighted by atomic mass is 32.1. The van der Waals surface area contributed by atoms with Crippen LogP contribution in [0.3, 0.4) is 0 Å². The number of likely N-dealkylation sites (N-methyl/N-ethyl adjacent to an activating group) is 1. The summed E-state index contributed by atoms with van der Waals surface area (Å²) < 4.78 is 2.09. The average Bonchev–Trinajstić information content (AvgIpc) is 3.87. The molecule has 0 saturated heterocycles. The standard InChI is InChI=1S/C44H51N5O5S/c1-43(2,45-27-38(51)33-16-19-37(50)41-34(33)17-20-40(52)47-41)25-28-11-18-36-30(24-28)26-46-49(36)22-21-48(4)31-14-12-29(13-15-31)32-8-5-6-9-35(32)44(3,42(53)54)39-10-7-23-55-39/h5-11,16-20,23-24,26,29,31,38,45,50-51H,12-15,21-22,25,27H2,1-4H3,(H,47,52)(H,53,54)/t29?,31?,38-,44?/m0/s1. The number of phenolic OH excluding ortho intramolecular Hbond substituents is 1. The minimum absolute atomic E-state index is 0.0298. The number of H-pyrrole nitrogens is 1. The Morgan fingerprint density at radius 3 is 2.56 bits per heavy atom. The number of aromatic amines is 1. The monoisotopic (exact) mass is 761 g/mol. The molecule has 3 aromatic heterocycles. The molecule has 1 aliphatic carbocycles. The number of hydrogen-bond acceptors (Lipinski definition) is 8. The van der Waals surface area contributed by atoms with Gasteiger partial charge in [0.2, 0.25) is 5.56 Å². The number of nitrogens with one attached hydrogen (secondary N) is 2. The smallest absolute Gasteiger partial charge is 0.319 e. The number of rotatable bonds is 14. The Morgan fingerprint density at radius 1 is 1.04 bits per heavy atom. The summed E-state index contributed by atoms with van der Waals surface area (Å²) in [6.45, 7) is 8.03. The Balaban J connectivity index is 0.934. The van der Waals surface area contributed by atoms with E-state index in [1.165, 1.54) is 34.6 Å². The fourth-order valence-corrected chi connectivity index (χ4v) is 9.41. The molecule has 3 aromatic carbocycles. The molecule has 1 saturated carbocycles. The highest BCUT2D eigenvalue weighted by molar-refractivity contribution is 7.10. The second-order valence-electron chi connectivity index (χ2n) is 16.0. The molecule has 6 aromatic rings. The number of carboxylic acid groups (broad SMARTS) is 1. The second-order valence-corrected chi connectivity index (χ2v) is 16.9. The number of β-amino-alcohol motifs (C(OH)–C–C–N with tert-alkyl or cyclic N) is 1. The molecule has 288 valence electrons. The van der Waals surface area contributed by atoms with Crippen molar-refractivity contribution in [2.45, 2.75) is 88.4 Å². The molecule has 0 radical (unpaired) electrons. The molecule has 3 heterocycles. The fraction of sp³-hybridized carbons (Fsp3) is 0.386. The van der Waals surface area contributed by atoms with Crippen molar-refractivity contribution in [3.63, 3.8) is 0 Å². The second kappa shape index (κ2) is 15.7. The summed E-state index contributed by atoms with van der Waals surface area (Å²) in [7, 11) is 2.21. The molecule has 55 heavy (non-hydrogen) atoms. The summed E-state index contributed by atoms with van der Waals surface area (Å²) in [5.41, 5.74) is 3.60. The Bertz CT molecular complexity index is 2340. The lowest BCUT2D eigenvalue weighted by Gasteiger charge is -2.37. The number of fused-ring (bicyclic) bond motifs is 2. The van der Waals surface area contributed by atoms with Gasteiger partial charge in [-0.2, -0.15) is 5.10 Å². The average molecular weight is 762 g/mol. The van der Waals surface area contributed by atoms with Crippen LogP contribution in [0.25, 0.3) is 21.8 Å². The number of aliphatic carboxylic acids is 1. The minimum atomic E-state index is -1.07. The zero-order valence-corrected chi connectivity index (χ0v) is 32.8. The van der Waals surface area contributed by atoms with Gasteiger partial charge in [-0.1, -0.05) is 42.5 Å². The number of hydrogen-bond donors (Lipinski definition) is 5. The summed E-state index contributed by atoms with van der Waals surface area (Å²) in [6.07, 6.45) is 6.02. The third-order valence-corrected chi connectivity index (χ3v) is 12.8. The number of aromatic hydroxyl groups is 1. The number of benzene rings is 3.